The number of alkyl halides is 3. The van der Waals surface area contributed by atoms with Crippen LogP contribution in [0.15, 0.2) is 33.8 Å². The summed E-state index contributed by atoms with van der Waals surface area (Å²) in [6.07, 6.45) is -5.93. The van der Waals surface area contributed by atoms with Crippen LogP contribution in [0.1, 0.15) is 19.8 Å². The van der Waals surface area contributed by atoms with Crippen LogP contribution >= 0.6 is 15.9 Å². The molecule has 0 saturated carbocycles. The molecule has 0 saturated heterocycles. The highest BCUT2D eigenvalue weighted by molar-refractivity contribution is 9.10. The molecule has 2 amide bonds. The van der Waals surface area contributed by atoms with Gasteiger partial charge in [-0.2, -0.15) is 23.3 Å². The van der Waals surface area contributed by atoms with E-state index in [4.69, 9.17) is 0 Å². The van der Waals surface area contributed by atoms with Crippen molar-refractivity contribution in [1.82, 2.24) is 5.01 Å². The van der Waals surface area contributed by atoms with Crippen LogP contribution in [0, 0.1) is 0 Å². The molecule has 10 heteroatoms. The van der Waals surface area contributed by atoms with E-state index in [9.17, 15) is 27.9 Å². The predicted octanol–water partition coefficient (Wildman–Crippen LogP) is 2.64. The first-order valence-corrected chi connectivity index (χ1v) is 7.64. The van der Waals surface area contributed by atoms with Crippen LogP contribution < -0.4 is 5.32 Å². The number of halogens is 4. The molecule has 1 aliphatic rings. The minimum absolute atomic E-state index is 0.0281. The van der Waals surface area contributed by atoms with Crippen molar-refractivity contribution in [2.45, 2.75) is 31.7 Å². The molecule has 2 N–H and O–H groups in total. The van der Waals surface area contributed by atoms with Crippen molar-refractivity contribution in [2.75, 3.05) is 5.32 Å². The lowest BCUT2D eigenvalue weighted by molar-refractivity contribution is -0.301. The lowest BCUT2D eigenvalue weighted by Gasteiger charge is -2.32. The van der Waals surface area contributed by atoms with Crippen molar-refractivity contribution in [3.8, 4) is 0 Å². The second-order valence-corrected chi connectivity index (χ2v) is 6.00. The fourth-order valence-electron chi connectivity index (χ4n) is 2.06. The van der Waals surface area contributed by atoms with Crippen LogP contribution in [0.25, 0.3) is 0 Å². The lowest BCUT2D eigenvalue weighted by Crippen LogP contribution is -2.58. The van der Waals surface area contributed by atoms with Gasteiger partial charge in [0.15, 0.2) is 0 Å². The number of carbonyl (C=O) groups is 2. The highest BCUT2D eigenvalue weighted by Gasteiger charge is 2.63. The van der Waals surface area contributed by atoms with Gasteiger partial charge in [-0.25, -0.2) is 0 Å². The Labute approximate surface area is 143 Å². The number of nitrogens with zero attached hydrogens (tertiary/aromatic N) is 2. The average molecular weight is 408 g/mol. The Morgan fingerprint density at radius 2 is 1.96 bits per heavy atom. The molecule has 0 radical (unpaired) electrons. The summed E-state index contributed by atoms with van der Waals surface area (Å²) in [6.45, 7) is 1.53. The Morgan fingerprint density at radius 3 is 2.46 bits per heavy atom. The molecule has 0 bridgehead atoms. The molecule has 1 aliphatic heterocycles. The third-order valence-electron chi connectivity index (χ3n) is 3.39. The van der Waals surface area contributed by atoms with Gasteiger partial charge >= 0.3 is 18.0 Å². The van der Waals surface area contributed by atoms with Gasteiger partial charge in [0.05, 0.1) is 0 Å². The van der Waals surface area contributed by atoms with Crippen LogP contribution in [-0.2, 0) is 9.59 Å². The van der Waals surface area contributed by atoms with Crippen molar-refractivity contribution in [3.05, 3.63) is 28.7 Å². The van der Waals surface area contributed by atoms with E-state index in [0.29, 0.717) is 0 Å². The zero-order valence-corrected chi connectivity index (χ0v) is 14.0. The topological polar surface area (TPSA) is 82.0 Å². The van der Waals surface area contributed by atoms with E-state index in [1.807, 2.05) is 0 Å². The maximum Gasteiger partial charge on any atom is 0.438 e. The molecule has 130 valence electrons. The predicted molar refractivity (Wildman–Crippen MR) is 83.0 cm³/mol. The summed E-state index contributed by atoms with van der Waals surface area (Å²) in [5, 5.41) is 15.3. The number of carbonyl (C=O) groups excluding carboxylic acids is 2. The van der Waals surface area contributed by atoms with E-state index in [2.05, 4.69) is 26.3 Å². The normalized spacial score (nSPS) is 20.8. The summed E-state index contributed by atoms with van der Waals surface area (Å²) in [5.74, 6) is -2.93. The number of hydrogen-bond acceptors (Lipinski definition) is 4. The smallest absolute Gasteiger partial charge is 0.362 e. The third-order valence-corrected chi connectivity index (χ3v) is 3.92. The van der Waals surface area contributed by atoms with Crippen LogP contribution in [0.2, 0.25) is 0 Å². The Balaban J connectivity index is 2.23. The van der Waals surface area contributed by atoms with Crippen molar-refractivity contribution in [3.63, 3.8) is 0 Å². The molecule has 0 spiro atoms. The molecule has 0 aliphatic carbocycles. The SMILES string of the molecule is CCC1=NN(C(=O)C(=O)Nc2ccc(Br)cc2)[C@](O)(C(F)(F)F)C1. The molecule has 0 fully saturated rings. The van der Waals surface area contributed by atoms with E-state index in [-0.39, 0.29) is 22.8 Å². The number of hydrogen-bond donors (Lipinski definition) is 2. The molecule has 1 atom stereocenters. The zero-order valence-electron chi connectivity index (χ0n) is 12.4. The molecular formula is C14H13BrF3N3O3. The molecule has 0 aromatic heterocycles. The summed E-state index contributed by atoms with van der Waals surface area (Å²) >= 11 is 3.18. The maximum absolute atomic E-state index is 13.1. The number of nitrogens with one attached hydrogen (secondary N) is 1. The standard InChI is InChI=1S/C14H13BrF3N3O3/c1-2-9-7-13(24,14(16,17)18)21(20-9)12(23)11(22)19-10-5-3-8(15)4-6-10/h3-6,24H,2,7H2,1H3,(H,19,22)/t13-/m1/s1. The maximum atomic E-state index is 13.1. The Bertz CT molecular complexity index is 691. The molecule has 1 heterocycles. The van der Waals surface area contributed by atoms with E-state index in [1.165, 1.54) is 19.1 Å². The van der Waals surface area contributed by atoms with Crippen LogP contribution in [0.5, 0.6) is 0 Å². The zero-order chi connectivity index (χ0) is 18.1. The first-order chi connectivity index (χ1) is 11.1. The lowest BCUT2D eigenvalue weighted by atomic mass is 10.1. The van der Waals surface area contributed by atoms with E-state index in [0.717, 1.165) is 4.47 Å². The van der Waals surface area contributed by atoms with Crippen molar-refractivity contribution >= 4 is 39.1 Å². The third kappa shape index (κ3) is 3.44. The number of anilines is 1. The van der Waals surface area contributed by atoms with Gasteiger partial charge in [-0.1, -0.05) is 22.9 Å². The summed E-state index contributed by atoms with van der Waals surface area (Å²) < 4.78 is 40.2. The van der Waals surface area contributed by atoms with E-state index < -0.39 is 30.1 Å². The van der Waals surface area contributed by atoms with Gasteiger partial charge in [0.25, 0.3) is 5.72 Å². The van der Waals surface area contributed by atoms with Gasteiger partial charge in [-0.15, -0.1) is 0 Å². The number of amides is 2. The minimum atomic E-state index is -5.15. The number of hydrazone groups is 1. The summed E-state index contributed by atoms with van der Waals surface area (Å²) in [7, 11) is 0. The second-order valence-electron chi connectivity index (χ2n) is 5.09. The molecule has 1 aromatic rings. The fourth-order valence-corrected chi connectivity index (χ4v) is 2.33. The van der Waals surface area contributed by atoms with Crippen molar-refractivity contribution in [1.29, 1.82) is 0 Å². The first-order valence-electron chi connectivity index (χ1n) is 6.85. The number of benzene rings is 1. The molecular weight excluding hydrogens is 395 g/mol. The molecule has 6 nitrogen and oxygen atoms in total. The number of aliphatic hydroxyl groups is 1. The van der Waals surface area contributed by atoms with Crippen molar-refractivity contribution in [2.24, 2.45) is 5.10 Å². The van der Waals surface area contributed by atoms with Gasteiger partial charge in [0.2, 0.25) is 0 Å². The number of rotatable bonds is 2. The largest absolute Gasteiger partial charge is 0.438 e. The van der Waals surface area contributed by atoms with Crippen molar-refractivity contribution < 1.29 is 27.9 Å². The van der Waals surface area contributed by atoms with Gasteiger partial charge < -0.3 is 10.4 Å². The quantitative estimate of drug-likeness (QED) is 0.739. The first kappa shape index (κ1) is 18.4. The van der Waals surface area contributed by atoms with Gasteiger partial charge in [-0.05, 0) is 30.7 Å². The van der Waals surface area contributed by atoms with Gasteiger partial charge in [0.1, 0.15) is 0 Å². The van der Waals surface area contributed by atoms with Gasteiger partial charge in [0, 0.05) is 22.3 Å². The van der Waals surface area contributed by atoms with E-state index >= 15 is 0 Å². The molecule has 0 unspecified atom stereocenters. The molecule has 1 aromatic carbocycles. The Morgan fingerprint density at radius 1 is 1.38 bits per heavy atom. The summed E-state index contributed by atoms with van der Waals surface area (Å²) in [6, 6.07) is 6.07. The molecule has 2 rings (SSSR count). The second kappa shape index (κ2) is 6.52. The highest BCUT2D eigenvalue weighted by atomic mass is 79.9. The Hall–Kier alpha value is -1.94. The Kier molecular flexibility index (Phi) is 5.00. The highest BCUT2D eigenvalue weighted by Crippen LogP contribution is 2.40. The van der Waals surface area contributed by atoms with Crippen LogP contribution in [0.3, 0.4) is 0 Å². The van der Waals surface area contributed by atoms with Crippen LogP contribution in [-0.4, -0.2) is 39.5 Å². The fraction of sp³-hybridized carbons (Fsp3) is 0.357. The van der Waals surface area contributed by atoms with E-state index in [1.54, 1.807) is 12.1 Å². The van der Waals surface area contributed by atoms with Crippen LogP contribution in [0.4, 0.5) is 18.9 Å². The monoisotopic (exact) mass is 407 g/mol. The minimum Gasteiger partial charge on any atom is -0.362 e. The summed E-state index contributed by atoms with van der Waals surface area (Å²) in [4.78, 5) is 24.0. The average Bonchev–Trinajstić information content (AvgIpc) is 2.87. The molecule has 24 heavy (non-hydrogen) atoms. The van der Waals surface area contributed by atoms with Gasteiger partial charge in [-0.3, -0.25) is 9.59 Å². The summed E-state index contributed by atoms with van der Waals surface area (Å²) in [5.41, 5.74) is -3.34.